The van der Waals surface area contributed by atoms with Crippen LogP contribution in [0.4, 0.5) is 5.95 Å². The molecule has 0 aliphatic carbocycles. The number of piperazine rings is 1. The van der Waals surface area contributed by atoms with Gasteiger partial charge in [0.05, 0.1) is 0 Å². The SMILES string of the molecule is CC(C)[C@@H](N)CN1CCN(c2ncccn2)CC1. The second kappa shape index (κ2) is 6.11. The molecule has 0 radical (unpaired) electrons. The van der Waals surface area contributed by atoms with Gasteiger partial charge in [0, 0.05) is 51.2 Å². The van der Waals surface area contributed by atoms with Crippen molar-refractivity contribution in [3.63, 3.8) is 0 Å². The molecule has 0 aromatic carbocycles. The lowest BCUT2D eigenvalue weighted by Gasteiger charge is -2.36. The fraction of sp³-hybridized carbons (Fsp3) is 0.692. The molecule has 1 aromatic heterocycles. The van der Waals surface area contributed by atoms with Gasteiger partial charge >= 0.3 is 0 Å². The summed E-state index contributed by atoms with van der Waals surface area (Å²) in [6.45, 7) is 9.39. The molecule has 5 nitrogen and oxygen atoms in total. The Bertz CT molecular complexity index is 346. The third-order valence-electron chi connectivity index (χ3n) is 3.53. The van der Waals surface area contributed by atoms with Gasteiger partial charge in [0.15, 0.2) is 0 Å². The molecular formula is C13H23N5. The number of nitrogens with zero attached hydrogens (tertiary/aromatic N) is 4. The molecule has 1 aromatic rings. The Morgan fingerprint density at radius 1 is 1.17 bits per heavy atom. The molecule has 0 spiro atoms. The minimum atomic E-state index is 0.268. The topological polar surface area (TPSA) is 58.3 Å². The molecule has 18 heavy (non-hydrogen) atoms. The van der Waals surface area contributed by atoms with Crippen LogP contribution >= 0.6 is 0 Å². The summed E-state index contributed by atoms with van der Waals surface area (Å²) in [5, 5.41) is 0. The maximum absolute atomic E-state index is 6.11. The van der Waals surface area contributed by atoms with E-state index >= 15 is 0 Å². The van der Waals surface area contributed by atoms with Gasteiger partial charge in [0.25, 0.3) is 0 Å². The molecule has 5 heteroatoms. The summed E-state index contributed by atoms with van der Waals surface area (Å²) in [4.78, 5) is 13.2. The Hall–Kier alpha value is -1.20. The molecule has 2 rings (SSSR count). The Morgan fingerprint density at radius 3 is 2.33 bits per heavy atom. The molecule has 0 saturated carbocycles. The molecular weight excluding hydrogens is 226 g/mol. The predicted octanol–water partition coefficient (Wildman–Crippen LogP) is 0.582. The maximum atomic E-state index is 6.11. The van der Waals surface area contributed by atoms with E-state index in [9.17, 15) is 0 Å². The van der Waals surface area contributed by atoms with E-state index in [1.807, 2.05) is 6.07 Å². The number of anilines is 1. The summed E-state index contributed by atoms with van der Waals surface area (Å²) in [5.41, 5.74) is 6.11. The van der Waals surface area contributed by atoms with Crippen molar-refractivity contribution in [3.05, 3.63) is 18.5 Å². The van der Waals surface area contributed by atoms with Crippen LogP contribution in [0.2, 0.25) is 0 Å². The van der Waals surface area contributed by atoms with Crippen LogP contribution in [-0.2, 0) is 0 Å². The van der Waals surface area contributed by atoms with E-state index in [0.29, 0.717) is 5.92 Å². The normalized spacial score (nSPS) is 19.2. The molecule has 1 aliphatic rings. The van der Waals surface area contributed by atoms with E-state index in [4.69, 9.17) is 5.73 Å². The number of hydrogen-bond donors (Lipinski definition) is 1. The minimum absolute atomic E-state index is 0.268. The largest absolute Gasteiger partial charge is 0.338 e. The fourth-order valence-corrected chi connectivity index (χ4v) is 2.09. The lowest BCUT2D eigenvalue weighted by Crippen LogP contribution is -2.51. The van der Waals surface area contributed by atoms with Crippen molar-refractivity contribution in [2.75, 3.05) is 37.6 Å². The van der Waals surface area contributed by atoms with E-state index in [0.717, 1.165) is 38.7 Å². The first-order valence-corrected chi connectivity index (χ1v) is 6.66. The minimum Gasteiger partial charge on any atom is -0.338 e. The van der Waals surface area contributed by atoms with E-state index < -0.39 is 0 Å². The van der Waals surface area contributed by atoms with Gasteiger partial charge in [-0.2, -0.15) is 0 Å². The van der Waals surface area contributed by atoms with Crippen molar-refractivity contribution in [3.8, 4) is 0 Å². The molecule has 1 aliphatic heterocycles. The van der Waals surface area contributed by atoms with Gasteiger partial charge in [-0.1, -0.05) is 13.8 Å². The first-order chi connectivity index (χ1) is 8.66. The zero-order valence-electron chi connectivity index (χ0n) is 11.3. The number of nitrogens with two attached hydrogens (primary N) is 1. The fourth-order valence-electron chi connectivity index (χ4n) is 2.09. The highest BCUT2D eigenvalue weighted by atomic mass is 15.3. The molecule has 0 unspecified atom stereocenters. The van der Waals surface area contributed by atoms with Crippen molar-refractivity contribution in [2.24, 2.45) is 11.7 Å². The summed E-state index contributed by atoms with van der Waals surface area (Å²) in [6, 6.07) is 2.12. The van der Waals surface area contributed by atoms with Gasteiger partial charge < -0.3 is 10.6 Å². The zero-order chi connectivity index (χ0) is 13.0. The van der Waals surface area contributed by atoms with E-state index in [-0.39, 0.29) is 6.04 Å². The maximum Gasteiger partial charge on any atom is 0.225 e. The summed E-state index contributed by atoms with van der Waals surface area (Å²) < 4.78 is 0. The highest BCUT2D eigenvalue weighted by Crippen LogP contribution is 2.10. The van der Waals surface area contributed by atoms with Crippen LogP contribution in [0.25, 0.3) is 0 Å². The van der Waals surface area contributed by atoms with Crippen LogP contribution in [0.1, 0.15) is 13.8 Å². The lowest BCUT2D eigenvalue weighted by molar-refractivity contribution is 0.225. The van der Waals surface area contributed by atoms with E-state index in [2.05, 4.69) is 33.6 Å². The Morgan fingerprint density at radius 2 is 1.78 bits per heavy atom. The predicted molar refractivity (Wildman–Crippen MR) is 73.5 cm³/mol. The Labute approximate surface area is 109 Å². The first kappa shape index (κ1) is 13.2. The van der Waals surface area contributed by atoms with Gasteiger partial charge in [-0.05, 0) is 12.0 Å². The van der Waals surface area contributed by atoms with Gasteiger partial charge in [0.2, 0.25) is 5.95 Å². The Kier molecular flexibility index (Phi) is 4.49. The summed E-state index contributed by atoms with van der Waals surface area (Å²) in [5.74, 6) is 1.38. The molecule has 100 valence electrons. The number of hydrogen-bond acceptors (Lipinski definition) is 5. The second-order valence-corrected chi connectivity index (χ2v) is 5.24. The second-order valence-electron chi connectivity index (χ2n) is 5.24. The van der Waals surface area contributed by atoms with Crippen molar-refractivity contribution in [2.45, 2.75) is 19.9 Å². The molecule has 2 N–H and O–H groups in total. The van der Waals surface area contributed by atoms with Gasteiger partial charge in [-0.15, -0.1) is 0 Å². The van der Waals surface area contributed by atoms with Crippen molar-refractivity contribution < 1.29 is 0 Å². The van der Waals surface area contributed by atoms with Crippen molar-refractivity contribution in [1.82, 2.24) is 14.9 Å². The van der Waals surface area contributed by atoms with Gasteiger partial charge in [-0.25, -0.2) is 9.97 Å². The summed E-state index contributed by atoms with van der Waals surface area (Å²) >= 11 is 0. The average Bonchev–Trinajstić information content (AvgIpc) is 2.40. The monoisotopic (exact) mass is 249 g/mol. The van der Waals surface area contributed by atoms with Crippen molar-refractivity contribution in [1.29, 1.82) is 0 Å². The molecule has 0 amide bonds. The molecule has 2 heterocycles. The van der Waals surface area contributed by atoms with Gasteiger partial charge in [0.1, 0.15) is 0 Å². The van der Waals surface area contributed by atoms with Crippen LogP contribution in [-0.4, -0.2) is 53.6 Å². The molecule has 1 saturated heterocycles. The number of aromatic nitrogens is 2. The quantitative estimate of drug-likeness (QED) is 0.846. The molecule has 0 bridgehead atoms. The van der Waals surface area contributed by atoms with Crippen LogP contribution in [0, 0.1) is 5.92 Å². The van der Waals surface area contributed by atoms with Crippen molar-refractivity contribution >= 4 is 5.95 Å². The highest BCUT2D eigenvalue weighted by molar-refractivity contribution is 5.29. The zero-order valence-corrected chi connectivity index (χ0v) is 11.3. The average molecular weight is 249 g/mol. The summed E-state index contributed by atoms with van der Waals surface area (Å²) in [7, 11) is 0. The highest BCUT2D eigenvalue weighted by Gasteiger charge is 2.20. The summed E-state index contributed by atoms with van der Waals surface area (Å²) in [6.07, 6.45) is 3.59. The molecule has 1 fully saturated rings. The van der Waals surface area contributed by atoms with Crippen LogP contribution in [0.5, 0.6) is 0 Å². The van der Waals surface area contributed by atoms with E-state index in [1.54, 1.807) is 12.4 Å². The first-order valence-electron chi connectivity index (χ1n) is 6.66. The van der Waals surface area contributed by atoms with Crippen LogP contribution < -0.4 is 10.6 Å². The lowest BCUT2D eigenvalue weighted by atomic mass is 10.0. The molecule has 1 atom stereocenters. The van der Waals surface area contributed by atoms with Crippen LogP contribution in [0.3, 0.4) is 0 Å². The standard InChI is InChI=1S/C13H23N5/c1-11(2)12(14)10-17-6-8-18(9-7-17)13-15-4-3-5-16-13/h3-5,11-12H,6-10,14H2,1-2H3/t12-/m0/s1. The van der Waals surface area contributed by atoms with Crippen LogP contribution in [0.15, 0.2) is 18.5 Å². The Balaban J connectivity index is 1.81. The third kappa shape index (κ3) is 3.40. The smallest absolute Gasteiger partial charge is 0.225 e. The number of rotatable bonds is 4. The van der Waals surface area contributed by atoms with E-state index in [1.165, 1.54) is 0 Å². The van der Waals surface area contributed by atoms with Gasteiger partial charge in [-0.3, -0.25) is 4.90 Å². The third-order valence-corrected chi connectivity index (χ3v) is 3.53.